The predicted octanol–water partition coefficient (Wildman–Crippen LogP) is 2.66. The first kappa shape index (κ1) is 17.5. The first-order chi connectivity index (χ1) is 11.0. The molecule has 0 saturated carbocycles. The predicted molar refractivity (Wildman–Crippen MR) is 88.0 cm³/mol. The summed E-state index contributed by atoms with van der Waals surface area (Å²) in [6.45, 7) is 7.45. The molecule has 0 radical (unpaired) electrons. The normalized spacial score (nSPS) is 15.3. The van der Waals surface area contributed by atoms with E-state index in [1.165, 1.54) is 11.3 Å². The summed E-state index contributed by atoms with van der Waals surface area (Å²) in [4.78, 5) is 30.1. The molecule has 1 amide bonds. The summed E-state index contributed by atoms with van der Waals surface area (Å²) in [7, 11) is 0. The number of likely N-dealkylation sites (tertiary alicyclic amines) is 1. The summed E-state index contributed by atoms with van der Waals surface area (Å²) in [5.74, 6) is -0.326. The molecular formula is C15H23N3O4S. The van der Waals surface area contributed by atoms with E-state index >= 15 is 0 Å². The number of anilines is 1. The van der Waals surface area contributed by atoms with Gasteiger partial charge in [-0.25, -0.2) is 14.6 Å². The van der Waals surface area contributed by atoms with Gasteiger partial charge < -0.3 is 19.7 Å². The van der Waals surface area contributed by atoms with Crippen molar-refractivity contribution in [3.8, 4) is 0 Å². The number of nitrogens with zero attached hydrogens (tertiary/aromatic N) is 2. The number of piperidine rings is 1. The van der Waals surface area contributed by atoms with Gasteiger partial charge in [-0.2, -0.15) is 0 Å². The molecule has 128 valence electrons. The average Bonchev–Trinajstić information content (AvgIpc) is 2.89. The Kier molecular flexibility index (Phi) is 6.20. The van der Waals surface area contributed by atoms with Crippen LogP contribution in [-0.4, -0.2) is 54.3 Å². The third-order valence-corrected chi connectivity index (χ3v) is 4.67. The van der Waals surface area contributed by atoms with Crippen molar-refractivity contribution in [2.75, 3.05) is 31.6 Å². The fourth-order valence-electron chi connectivity index (χ4n) is 2.44. The lowest BCUT2D eigenvalue weighted by atomic mass is 10.1. The zero-order valence-corrected chi connectivity index (χ0v) is 14.6. The summed E-state index contributed by atoms with van der Waals surface area (Å²) < 4.78 is 10.0. The van der Waals surface area contributed by atoms with Gasteiger partial charge in [0.15, 0.2) is 5.13 Å². The number of hydrogen-bond acceptors (Lipinski definition) is 7. The van der Waals surface area contributed by atoms with Gasteiger partial charge in [-0.1, -0.05) is 11.3 Å². The second-order valence-electron chi connectivity index (χ2n) is 5.26. The molecule has 1 aromatic heterocycles. The minimum Gasteiger partial charge on any atom is -0.462 e. The highest BCUT2D eigenvalue weighted by atomic mass is 32.1. The van der Waals surface area contributed by atoms with Crippen LogP contribution in [0.5, 0.6) is 0 Å². The van der Waals surface area contributed by atoms with Gasteiger partial charge in [0.25, 0.3) is 0 Å². The monoisotopic (exact) mass is 341 g/mol. The minimum atomic E-state index is -0.326. The molecule has 23 heavy (non-hydrogen) atoms. The molecule has 2 heterocycles. The molecule has 0 spiro atoms. The van der Waals surface area contributed by atoms with Gasteiger partial charge in [0.2, 0.25) is 0 Å². The van der Waals surface area contributed by atoms with Crippen molar-refractivity contribution in [2.24, 2.45) is 0 Å². The third kappa shape index (κ3) is 4.57. The second-order valence-corrected chi connectivity index (χ2v) is 6.26. The lowest BCUT2D eigenvalue weighted by Crippen LogP contribution is -2.42. The summed E-state index contributed by atoms with van der Waals surface area (Å²) in [6, 6.07) is 0.237. The van der Waals surface area contributed by atoms with Gasteiger partial charge in [0.05, 0.1) is 18.9 Å². The third-order valence-electron chi connectivity index (χ3n) is 3.61. The van der Waals surface area contributed by atoms with Crippen LogP contribution < -0.4 is 5.32 Å². The molecular weight excluding hydrogens is 318 g/mol. The van der Waals surface area contributed by atoms with Gasteiger partial charge in [0, 0.05) is 19.1 Å². The summed E-state index contributed by atoms with van der Waals surface area (Å²) in [6.07, 6.45) is 1.40. The summed E-state index contributed by atoms with van der Waals surface area (Å²) in [5, 5.41) is 4.07. The largest absolute Gasteiger partial charge is 0.462 e. The standard InChI is InChI=1S/C15H23N3O4S/c1-4-21-13(19)12-10(3)16-14(23-12)17-11-6-8-18(9-7-11)15(20)22-5-2/h11H,4-9H2,1-3H3,(H,16,17). The van der Waals surface area contributed by atoms with Crippen LogP contribution in [0.25, 0.3) is 0 Å². The molecule has 0 aromatic carbocycles. The maximum absolute atomic E-state index is 11.8. The lowest BCUT2D eigenvalue weighted by Gasteiger charge is -2.31. The smallest absolute Gasteiger partial charge is 0.409 e. The van der Waals surface area contributed by atoms with E-state index in [0.717, 1.165) is 18.0 Å². The van der Waals surface area contributed by atoms with Gasteiger partial charge in [-0.3, -0.25) is 0 Å². The summed E-state index contributed by atoms with van der Waals surface area (Å²) in [5.41, 5.74) is 0.680. The molecule has 1 fully saturated rings. The molecule has 0 bridgehead atoms. The number of hydrogen-bond donors (Lipinski definition) is 1. The molecule has 1 N–H and O–H groups in total. The number of carbonyl (C=O) groups excluding carboxylic acids is 2. The highest BCUT2D eigenvalue weighted by Gasteiger charge is 2.25. The van der Waals surface area contributed by atoms with Crippen LogP contribution in [0.2, 0.25) is 0 Å². The molecule has 1 aromatic rings. The molecule has 0 aliphatic carbocycles. The van der Waals surface area contributed by atoms with Gasteiger partial charge >= 0.3 is 12.1 Å². The molecule has 7 nitrogen and oxygen atoms in total. The van der Waals surface area contributed by atoms with E-state index in [4.69, 9.17) is 9.47 Å². The second kappa shape index (κ2) is 8.14. The number of carbonyl (C=O) groups is 2. The van der Waals surface area contributed by atoms with Crippen LogP contribution in [0.4, 0.5) is 9.93 Å². The number of rotatable bonds is 5. The zero-order chi connectivity index (χ0) is 16.8. The SMILES string of the molecule is CCOC(=O)c1sc(NC2CCN(C(=O)OCC)CC2)nc1C. The maximum atomic E-state index is 11.8. The zero-order valence-electron chi connectivity index (χ0n) is 13.8. The molecule has 0 unspecified atom stereocenters. The highest BCUT2D eigenvalue weighted by molar-refractivity contribution is 7.17. The molecule has 1 aliphatic rings. The summed E-state index contributed by atoms with van der Waals surface area (Å²) >= 11 is 1.31. The van der Waals surface area contributed by atoms with Crippen LogP contribution in [0, 0.1) is 6.92 Å². The Morgan fingerprint density at radius 2 is 1.91 bits per heavy atom. The number of esters is 1. The Hall–Kier alpha value is -1.83. The quantitative estimate of drug-likeness (QED) is 0.829. The number of amides is 1. The Labute approximate surface area is 140 Å². The molecule has 1 saturated heterocycles. The number of aromatic nitrogens is 1. The van der Waals surface area contributed by atoms with E-state index in [1.807, 2.05) is 0 Å². The minimum absolute atomic E-state index is 0.237. The van der Waals surface area contributed by atoms with Gasteiger partial charge in [-0.15, -0.1) is 0 Å². The van der Waals surface area contributed by atoms with Gasteiger partial charge in [0.1, 0.15) is 4.88 Å². The van der Waals surface area contributed by atoms with E-state index in [9.17, 15) is 9.59 Å². The topological polar surface area (TPSA) is 80.8 Å². The van der Waals surface area contributed by atoms with E-state index in [1.54, 1.807) is 25.7 Å². The van der Waals surface area contributed by atoms with E-state index in [2.05, 4.69) is 10.3 Å². The van der Waals surface area contributed by atoms with Crippen LogP contribution >= 0.6 is 11.3 Å². The Bertz CT molecular complexity index is 553. The van der Waals surface area contributed by atoms with Crippen LogP contribution in [0.3, 0.4) is 0 Å². The number of thiazole rings is 1. The van der Waals surface area contributed by atoms with Crippen molar-refractivity contribution in [3.63, 3.8) is 0 Å². The van der Waals surface area contributed by atoms with E-state index < -0.39 is 0 Å². The van der Waals surface area contributed by atoms with Gasteiger partial charge in [-0.05, 0) is 33.6 Å². The van der Waals surface area contributed by atoms with E-state index in [-0.39, 0.29) is 18.1 Å². The van der Waals surface area contributed by atoms with Crippen LogP contribution in [0.15, 0.2) is 0 Å². The maximum Gasteiger partial charge on any atom is 0.409 e. The number of ether oxygens (including phenoxy) is 2. The number of aryl methyl sites for hydroxylation is 1. The fourth-order valence-corrected chi connectivity index (χ4v) is 3.38. The Morgan fingerprint density at radius 1 is 1.26 bits per heavy atom. The first-order valence-electron chi connectivity index (χ1n) is 7.87. The van der Waals surface area contributed by atoms with Crippen molar-refractivity contribution >= 4 is 28.5 Å². The van der Waals surface area contributed by atoms with Crippen molar-refractivity contribution in [1.29, 1.82) is 0 Å². The Balaban J connectivity index is 1.88. The molecule has 1 aliphatic heterocycles. The molecule has 2 rings (SSSR count). The molecule has 8 heteroatoms. The fraction of sp³-hybridized carbons (Fsp3) is 0.667. The first-order valence-corrected chi connectivity index (χ1v) is 8.69. The number of nitrogens with one attached hydrogen (secondary N) is 1. The Morgan fingerprint density at radius 3 is 2.52 bits per heavy atom. The van der Waals surface area contributed by atoms with Crippen LogP contribution in [0.1, 0.15) is 42.1 Å². The lowest BCUT2D eigenvalue weighted by molar-refractivity contribution is 0.0531. The average molecular weight is 341 g/mol. The van der Waals surface area contributed by atoms with Crippen molar-refractivity contribution in [3.05, 3.63) is 10.6 Å². The van der Waals surface area contributed by atoms with Crippen molar-refractivity contribution < 1.29 is 19.1 Å². The van der Waals surface area contributed by atoms with Crippen LogP contribution in [-0.2, 0) is 9.47 Å². The van der Waals surface area contributed by atoms with Crippen molar-refractivity contribution in [2.45, 2.75) is 39.7 Å². The molecule has 0 atom stereocenters. The highest BCUT2D eigenvalue weighted by Crippen LogP contribution is 2.26. The van der Waals surface area contributed by atoms with E-state index in [0.29, 0.717) is 36.9 Å². The van der Waals surface area contributed by atoms with Crippen molar-refractivity contribution in [1.82, 2.24) is 9.88 Å².